The summed E-state index contributed by atoms with van der Waals surface area (Å²) in [5.41, 5.74) is 0.802. The van der Waals surface area contributed by atoms with Crippen LogP contribution in [-0.2, 0) is 0 Å². The highest BCUT2D eigenvalue weighted by atomic mass is 35.5. The van der Waals surface area contributed by atoms with E-state index in [-0.39, 0.29) is 5.78 Å². The maximum Gasteiger partial charge on any atom is 0.214 e. The SMILES string of the molecule is Cc1ccc(C(=O)CSc2nnnn2-c2ccc(Cl)cc2)s1. The summed E-state index contributed by atoms with van der Waals surface area (Å²) in [5.74, 6) is 0.377. The van der Waals surface area contributed by atoms with Gasteiger partial charge in [-0.2, -0.15) is 4.68 Å². The molecule has 3 aromatic rings. The molecule has 22 heavy (non-hydrogen) atoms. The number of hydrogen-bond acceptors (Lipinski definition) is 6. The molecule has 0 unspecified atom stereocenters. The average molecular weight is 351 g/mol. The normalized spacial score (nSPS) is 10.8. The van der Waals surface area contributed by atoms with Crippen LogP contribution in [0.3, 0.4) is 0 Å². The first-order valence-corrected chi connectivity index (χ1v) is 8.58. The van der Waals surface area contributed by atoms with Crippen LogP contribution < -0.4 is 0 Å². The van der Waals surface area contributed by atoms with Crippen LogP contribution in [0, 0.1) is 6.92 Å². The fourth-order valence-corrected chi connectivity index (χ4v) is 3.60. The maximum atomic E-state index is 12.1. The summed E-state index contributed by atoms with van der Waals surface area (Å²) in [6, 6.07) is 11.0. The highest BCUT2D eigenvalue weighted by molar-refractivity contribution is 7.99. The third kappa shape index (κ3) is 3.37. The number of ketones is 1. The molecule has 8 heteroatoms. The van der Waals surface area contributed by atoms with Crippen molar-refractivity contribution in [1.29, 1.82) is 0 Å². The van der Waals surface area contributed by atoms with Crippen molar-refractivity contribution in [3.63, 3.8) is 0 Å². The molecule has 2 aromatic heterocycles. The van der Waals surface area contributed by atoms with Crippen LogP contribution in [0.2, 0.25) is 5.02 Å². The lowest BCUT2D eigenvalue weighted by molar-refractivity contribution is 0.102. The molecule has 0 aliphatic rings. The molecule has 0 bridgehead atoms. The number of aryl methyl sites for hydroxylation is 1. The Balaban J connectivity index is 1.73. The highest BCUT2D eigenvalue weighted by Gasteiger charge is 2.13. The first-order chi connectivity index (χ1) is 10.6. The Morgan fingerprint density at radius 1 is 1.27 bits per heavy atom. The van der Waals surface area contributed by atoms with Gasteiger partial charge in [-0.25, -0.2) is 0 Å². The number of rotatable bonds is 5. The fourth-order valence-electron chi connectivity index (χ4n) is 1.80. The van der Waals surface area contributed by atoms with Crippen molar-refractivity contribution in [2.24, 2.45) is 0 Å². The van der Waals surface area contributed by atoms with Crippen molar-refractivity contribution in [2.75, 3.05) is 5.75 Å². The molecule has 0 amide bonds. The largest absolute Gasteiger partial charge is 0.292 e. The lowest BCUT2D eigenvalue weighted by Crippen LogP contribution is -2.03. The van der Waals surface area contributed by atoms with E-state index in [4.69, 9.17) is 11.6 Å². The second kappa shape index (κ2) is 6.60. The second-order valence-electron chi connectivity index (χ2n) is 4.47. The molecule has 0 radical (unpaired) electrons. The van der Waals surface area contributed by atoms with E-state index < -0.39 is 0 Å². The van der Waals surface area contributed by atoms with Crippen molar-refractivity contribution in [1.82, 2.24) is 20.2 Å². The van der Waals surface area contributed by atoms with Crippen LogP contribution in [0.4, 0.5) is 0 Å². The molecule has 0 saturated carbocycles. The molecule has 0 saturated heterocycles. The predicted octanol–water partition coefficient (Wildman–Crippen LogP) is 3.66. The molecular weight excluding hydrogens is 340 g/mol. The molecule has 0 atom stereocenters. The lowest BCUT2D eigenvalue weighted by Gasteiger charge is -2.03. The van der Waals surface area contributed by atoms with E-state index in [0.29, 0.717) is 15.9 Å². The van der Waals surface area contributed by atoms with Crippen LogP contribution >= 0.6 is 34.7 Å². The summed E-state index contributed by atoms with van der Waals surface area (Å²) in [5, 5.41) is 12.8. The summed E-state index contributed by atoms with van der Waals surface area (Å²) in [7, 11) is 0. The van der Waals surface area contributed by atoms with Gasteiger partial charge in [0.25, 0.3) is 0 Å². The Bertz CT molecular complexity index is 797. The van der Waals surface area contributed by atoms with Gasteiger partial charge in [0.05, 0.1) is 16.3 Å². The van der Waals surface area contributed by atoms with Gasteiger partial charge in [-0.05, 0) is 53.7 Å². The number of carbonyl (C=O) groups is 1. The number of nitrogens with zero attached hydrogens (tertiary/aromatic N) is 4. The lowest BCUT2D eigenvalue weighted by atomic mass is 10.3. The van der Waals surface area contributed by atoms with Gasteiger partial charge < -0.3 is 0 Å². The van der Waals surface area contributed by atoms with Crippen molar-refractivity contribution < 1.29 is 4.79 Å². The Morgan fingerprint density at radius 3 is 2.73 bits per heavy atom. The molecule has 0 N–H and O–H groups in total. The van der Waals surface area contributed by atoms with Crippen molar-refractivity contribution >= 4 is 40.5 Å². The van der Waals surface area contributed by atoms with E-state index in [1.165, 1.54) is 23.1 Å². The molecule has 3 rings (SSSR count). The van der Waals surface area contributed by atoms with Crippen LogP contribution in [0.15, 0.2) is 41.6 Å². The average Bonchev–Trinajstić information content (AvgIpc) is 3.14. The third-order valence-corrected chi connectivity index (χ3v) is 5.07. The molecular formula is C14H11ClN4OS2. The number of carbonyl (C=O) groups excluding carboxylic acids is 1. The topological polar surface area (TPSA) is 60.7 Å². The van der Waals surface area contributed by atoms with E-state index in [0.717, 1.165) is 15.4 Å². The van der Waals surface area contributed by atoms with Gasteiger partial charge in [0.2, 0.25) is 5.16 Å². The standard InChI is InChI=1S/C14H11ClN4OS2/c1-9-2-7-13(22-9)12(20)8-21-14-16-17-18-19(14)11-5-3-10(15)4-6-11/h2-7H,8H2,1H3. The molecule has 0 spiro atoms. The van der Waals surface area contributed by atoms with Gasteiger partial charge in [-0.3, -0.25) is 4.79 Å². The van der Waals surface area contributed by atoms with Crippen LogP contribution in [0.1, 0.15) is 14.5 Å². The third-order valence-electron chi connectivity index (χ3n) is 2.86. The van der Waals surface area contributed by atoms with Gasteiger partial charge in [0, 0.05) is 9.90 Å². The molecule has 0 aliphatic heterocycles. The molecule has 112 valence electrons. The fraction of sp³-hybridized carbons (Fsp3) is 0.143. The monoisotopic (exact) mass is 350 g/mol. The number of thiophene rings is 1. The van der Waals surface area contributed by atoms with Crippen molar-refractivity contribution in [3.8, 4) is 5.69 Å². The van der Waals surface area contributed by atoms with Gasteiger partial charge in [0.15, 0.2) is 5.78 Å². The first kappa shape index (κ1) is 15.2. The Kier molecular flexibility index (Phi) is 4.56. The number of hydrogen-bond donors (Lipinski definition) is 0. The Morgan fingerprint density at radius 2 is 2.05 bits per heavy atom. The maximum absolute atomic E-state index is 12.1. The minimum absolute atomic E-state index is 0.0776. The van der Waals surface area contributed by atoms with E-state index >= 15 is 0 Å². The van der Waals surface area contributed by atoms with E-state index in [1.54, 1.807) is 16.8 Å². The molecule has 1 aromatic carbocycles. The number of aromatic nitrogens is 4. The zero-order chi connectivity index (χ0) is 15.5. The van der Waals surface area contributed by atoms with Crippen LogP contribution in [0.25, 0.3) is 5.69 Å². The number of thioether (sulfide) groups is 1. The predicted molar refractivity (Wildman–Crippen MR) is 88.3 cm³/mol. The number of tetrazole rings is 1. The van der Waals surface area contributed by atoms with Gasteiger partial charge in [-0.1, -0.05) is 23.4 Å². The van der Waals surface area contributed by atoms with Gasteiger partial charge in [-0.15, -0.1) is 16.4 Å². The summed E-state index contributed by atoms with van der Waals surface area (Å²) in [6.45, 7) is 1.98. The zero-order valence-corrected chi connectivity index (χ0v) is 14.0. The van der Waals surface area contributed by atoms with Crippen LogP contribution in [0.5, 0.6) is 0 Å². The second-order valence-corrected chi connectivity index (χ2v) is 7.14. The smallest absolute Gasteiger partial charge is 0.214 e. The van der Waals surface area contributed by atoms with Gasteiger partial charge in [0.1, 0.15) is 0 Å². The van der Waals surface area contributed by atoms with Gasteiger partial charge >= 0.3 is 0 Å². The quantitative estimate of drug-likeness (QED) is 0.519. The number of halogens is 1. The van der Waals surface area contributed by atoms with Crippen LogP contribution in [-0.4, -0.2) is 31.7 Å². The van der Waals surface area contributed by atoms with E-state index in [1.807, 2.05) is 31.2 Å². The Hall–Kier alpha value is -1.70. The number of Topliss-reactive ketones (excluding diaryl/α,β-unsaturated/α-hetero) is 1. The van der Waals surface area contributed by atoms with E-state index in [2.05, 4.69) is 15.5 Å². The summed E-state index contributed by atoms with van der Waals surface area (Å²) in [4.78, 5) is 14.0. The molecule has 0 fully saturated rings. The van der Waals surface area contributed by atoms with Crippen molar-refractivity contribution in [2.45, 2.75) is 12.1 Å². The highest BCUT2D eigenvalue weighted by Crippen LogP contribution is 2.22. The molecule has 5 nitrogen and oxygen atoms in total. The molecule has 0 aliphatic carbocycles. The summed E-state index contributed by atoms with van der Waals surface area (Å²) >= 11 is 8.69. The van der Waals surface area contributed by atoms with Crippen molar-refractivity contribution in [3.05, 3.63) is 51.2 Å². The summed E-state index contributed by atoms with van der Waals surface area (Å²) < 4.78 is 1.59. The summed E-state index contributed by atoms with van der Waals surface area (Å²) in [6.07, 6.45) is 0. The first-order valence-electron chi connectivity index (χ1n) is 6.40. The van der Waals surface area contributed by atoms with E-state index in [9.17, 15) is 4.79 Å². The molecule has 2 heterocycles. The zero-order valence-electron chi connectivity index (χ0n) is 11.6. The minimum atomic E-state index is 0.0776. The number of benzene rings is 1. The Labute approximate surface area is 140 Å². The minimum Gasteiger partial charge on any atom is -0.292 e.